The highest BCUT2D eigenvalue weighted by Gasteiger charge is 1.91. The van der Waals surface area contributed by atoms with Crippen LogP contribution in [0.2, 0.25) is 0 Å². The fourth-order valence-electron chi connectivity index (χ4n) is 0.493. The number of rotatable bonds is 5. The summed E-state index contributed by atoms with van der Waals surface area (Å²) in [7, 11) is 0. The Kier molecular flexibility index (Phi) is 21.2. The van der Waals surface area contributed by atoms with Crippen molar-refractivity contribution in [2.24, 2.45) is 0 Å². The largest absolute Gasteiger partial charge is 0.481 e. The predicted molar refractivity (Wildman–Crippen MR) is 71.3 cm³/mol. The van der Waals surface area contributed by atoms with Crippen molar-refractivity contribution in [2.45, 2.75) is 33.6 Å². The lowest BCUT2D eigenvalue weighted by atomic mass is 10.4. The van der Waals surface area contributed by atoms with Crippen LogP contribution in [-0.2, 0) is 23.9 Å². The molecular formula is C13H22O6. The van der Waals surface area contributed by atoms with Crippen molar-refractivity contribution >= 4 is 17.9 Å². The molecular weight excluding hydrogens is 252 g/mol. The van der Waals surface area contributed by atoms with Crippen LogP contribution in [0, 0.1) is 0 Å². The molecule has 0 spiro atoms. The van der Waals surface area contributed by atoms with Crippen LogP contribution in [0.25, 0.3) is 0 Å². The van der Waals surface area contributed by atoms with Crippen LogP contribution in [0.1, 0.15) is 33.6 Å². The molecule has 0 fully saturated rings. The van der Waals surface area contributed by atoms with E-state index in [0.717, 1.165) is 26.0 Å². The van der Waals surface area contributed by atoms with E-state index in [2.05, 4.69) is 22.6 Å². The number of carboxylic acids is 1. The van der Waals surface area contributed by atoms with Crippen LogP contribution in [0.15, 0.2) is 25.5 Å². The number of esters is 2. The molecule has 0 aliphatic carbocycles. The van der Waals surface area contributed by atoms with Gasteiger partial charge in [0, 0.05) is 19.9 Å². The first-order valence-corrected chi connectivity index (χ1v) is 5.58. The van der Waals surface area contributed by atoms with Gasteiger partial charge in [-0.25, -0.2) is 4.79 Å². The molecule has 1 N–H and O–H groups in total. The van der Waals surface area contributed by atoms with Gasteiger partial charge in [-0.3, -0.25) is 9.59 Å². The van der Waals surface area contributed by atoms with E-state index < -0.39 is 5.97 Å². The third-order valence-electron chi connectivity index (χ3n) is 1.16. The molecule has 0 aliphatic rings. The number of carbonyl (C=O) groups excluding carboxylic acids is 2. The monoisotopic (exact) mass is 274 g/mol. The maximum atomic E-state index is 10.3. The number of ether oxygens (including phenoxy) is 2. The van der Waals surface area contributed by atoms with E-state index in [1.54, 1.807) is 0 Å². The van der Waals surface area contributed by atoms with Crippen LogP contribution < -0.4 is 0 Å². The first-order chi connectivity index (χ1) is 8.81. The molecule has 0 bridgehead atoms. The van der Waals surface area contributed by atoms with Gasteiger partial charge in [-0.15, -0.1) is 0 Å². The summed E-state index contributed by atoms with van der Waals surface area (Å²) in [5.74, 6) is -1.49. The molecule has 110 valence electrons. The van der Waals surface area contributed by atoms with Crippen LogP contribution in [0.5, 0.6) is 0 Å². The average molecular weight is 274 g/mol. The van der Waals surface area contributed by atoms with Crippen molar-refractivity contribution in [3.63, 3.8) is 0 Å². The van der Waals surface area contributed by atoms with E-state index in [1.165, 1.54) is 13.0 Å². The highest BCUT2D eigenvalue weighted by molar-refractivity contribution is 5.81. The van der Waals surface area contributed by atoms with Gasteiger partial charge in [-0.1, -0.05) is 26.5 Å². The number of carbonyl (C=O) groups is 3. The second kappa shape index (κ2) is 18.3. The Balaban J connectivity index is -0.000000222. The van der Waals surface area contributed by atoms with Gasteiger partial charge in [-0.05, 0) is 6.42 Å². The van der Waals surface area contributed by atoms with Crippen molar-refractivity contribution in [1.82, 2.24) is 0 Å². The lowest BCUT2D eigenvalue weighted by Gasteiger charge is -1.97. The minimum absolute atomic E-state index is 0.329. The SMILES string of the molecule is C=CC(=O)OCCCC.C=COC(C)=O.CC(=O)O. The summed E-state index contributed by atoms with van der Waals surface area (Å²) in [4.78, 5) is 29.1. The molecule has 0 aromatic rings. The fourth-order valence-corrected chi connectivity index (χ4v) is 0.493. The van der Waals surface area contributed by atoms with Crippen LogP contribution in [0.4, 0.5) is 0 Å². The minimum Gasteiger partial charge on any atom is -0.481 e. The molecule has 6 heteroatoms. The van der Waals surface area contributed by atoms with E-state index in [4.69, 9.17) is 9.90 Å². The van der Waals surface area contributed by atoms with Gasteiger partial charge < -0.3 is 14.6 Å². The fraction of sp³-hybridized carbons (Fsp3) is 0.462. The maximum Gasteiger partial charge on any atom is 0.330 e. The van der Waals surface area contributed by atoms with Crippen LogP contribution in [-0.4, -0.2) is 29.6 Å². The molecule has 0 saturated carbocycles. The summed E-state index contributed by atoms with van der Waals surface area (Å²) >= 11 is 0. The standard InChI is InChI=1S/C7H12O2.C4H6O2.C2H4O2/c1-3-5-6-9-7(8)4-2;1-3-6-4(2)5;1-2(3)4/h4H,2-3,5-6H2,1H3;3H,1H2,2H3;1H3,(H,3,4). The Morgan fingerprint density at radius 1 is 1.21 bits per heavy atom. The molecule has 0 heterocycles. The van der Waals surface area contributed by atoms with E-state index in [9.17, 15) is 9.59 Å². The summed E-state index contributed by atoms with van der Waals surface area (Å²) in [6, 6.07) is 0. The summed E-state index contributed by atoms with van der Waals surface area (Å²) < 4.78 is 8.84. The van der Waals surface area contributed by atoms with Crippen molar-refractivity contribution < 1.29 is 29.0 Å². The van der Waals surface area contributed by atoms with E-state index in [-0.39, 0.29) is 11.9 Å². The highest BCUT2D eigenvalue weighted by Crippen LogP contribution is 1.88. The van der Waals surface area contributed by atoms with Crippen molar-refractivity contribution in [3.05, 3.63) is 25.5 Å². The third kappa shape index (κ3) is 49.2. The smallest absolute Gasteiger partial charge is 0.330 e. The molecule has 0 aliphatic heterocycles. The number of carboxylic acid groups (broad SMARTS) is 1. The minimum atomic E-state index is -0.833. The summed E-state index contributed by atoms with van der Waals surface area (Å²) in [6.45, 7) is 11.4. The van der Waals surface area contributed by atoms with Crippen molar-refractivity contribution in [1.29, 1.82) is 0 Å². The van der Waals surface area contributed by atoms with E-state index >= 15 is 0 Å². The number of aliphatic carboxylic acids is 1. The molecule has 0 amide bonds. The topological polar surface area (TPSA) is 89.9 Å². The first-order valence-electron chi connectivity index (χ1n) is 5.58. The molecule has 19 heavy (non-hydrogen) atoms. The Morgan fingerprint density at radius 2 is 1.68 bits per heavy atom. The lowest BCUT2D eigenvalue weighted by Crippen LogP contribution is -2.00. The Morgan fingerprint density at radius 3 is 1.89 bits per heavy atom. The first kappa shape index (κ1) is 22.1. The molecule has 0 radical (unpaired) electrons. The molecule has 0 aromatic heterocycles. The summed E-state index contributed by atoms with van der Waals surface area (Å²) in [6.07, 6.45) is 4.25. The van der Waals surface area contributed by atoms with Crippen molar-refractivity contribution in [3.8, 4) is 0 Å². The molecule has 0 saturated heterocycles. The van der Waals surface area contributed by atoms with Crippen LogP contribution >= 0.6 is 0 Å². The molecule has 0 rings (SSSR count). The molecule has 0 atom stereocenters. The third-order valence-corrected chi connectivity index (χ3v) is 1.16. The highest BCUT2D eigenvalue weighted by atomic mass is 16.5. The van der Waals surface area contributed by atoms with Gasteiger partial charge >= 0.3 is 11.9 Å². The van der Waals surface area contributed by atoms with Gasteiger partial charge in [0.1, 0.15) is 0 Å². The average Bonchev–Trinajstić information content (AvgIpc) is 2.29. The number of hydrogen-bond acceptors (Lipinski definition) is 5. The van der Waals surface area contributed by atoms with Gasteiger partial charge in [0.2, 0.25) is 0 Å². The van der Waals surface area contributed by atoms with Gasteiger partial charge in [-0.2, -0.15) is 0 Å². The quantitative estimate of drug-likeness (QED) is 0.358. The molecule has 0 aromatic carbocycles. The van der Waals surface area contributed by atoms with E-state index in [1.807, 2.05) is 6.92 Å². The second-order valence-electron chi connectivity index (χ2n) is 3.02. The Bertz CT molecular complexity index is 279. The van der Waals surface area contributed by atoms with Gasteiger partial charge in [0.25, 0.3) is 5.97 Å². The van der Waals surface area contributed by atoms with E-state index in [0.29, 0.717) is 6.61 Å². The lowest BCUT2D eigenvalue weighted by molar-refractivity contribution is -0.138. The molecule has 0 unspecified atom stereocenters. The zero-order valence-corrected chi connectivity index (χ0v) is 11.7. The Labute approximate surface area is 113 Å². The molecule has 6 nitrogen and oxygen atoms in total. The summed E-state index contributed by atoms with van der Waals surface area (Å²) in [5, 5.41) is 7.42. The zero-order chi connectivity index (χ0) is 15.7. The van der Waals surface area contributed by atoms with Gasteiger partial charge in [0.05, 0.1) is 12.9 Å². The summed E-state index contributed by atoms with van der Waals surface area (Å²) in [5.41, 5.74) is 0. The predicted octanol–water partition coefficient (Wildman–Crippen LogP) is 2.30. The number of hydrogen-bond donors (Lipinski definition) is 1. The maximum absolute atomic E-state index is 10.3. The van der Waals surface area contributed by atoms with Gasteiger partial charge in [0.15, 0.2) is 0 Å². The van der Waals surface area contributed by atoms with Crippen LogP contribution in [0.3, 0.4) is 0 Å². The second-order valence-corrected chi connectivity index (χ2v) is 3.02. The zero-order valence-electron chi connectivity index (χ0n) is 11.7. The Hall–Kier alpha value is -2.11. The number of unbranched alkanes of at least 4 members (excludes halogenated alkanes) is 1. The normalized spacial score (nSPS) is 7.53. The van der Waals surface area contributed by atoms with Crippen molar-refractivity contribution in [2.75, 3.05) is 6.61 Å².